The lowest BCUT2D eigenvalue weighted by molar-refractivity contribution is 0.0383. The fourth-order valence-electron chi connectivity index (χ4n) is 3.87. The molecule has 1 N–H and O–H groups in total. The quantitative estimate of drug-likeness (QED) is 0.806. The van der Waals surface area contributed by atoms with E-state index in [4.69, 9.17) is 4.74 Å². The van der Waals surface area contributed by atoms with Crippen molar-refractivity contribution in [1.29, 1.82) is 0 Å². The molecule has 98 valence electrons. The van der Waals surface area contributed by atoms with Crippen molar-refractivity contribution < 1.29 is 4.74 Å². The maximum Gasteiger partial charge on any atom is 0.0595 e. The average molecular weight is 238 g/mol. The molecule has 3 rings (SSSR count). The molecular formula is C14H26N2O. The lowest BCUT2D eigenvalue weighted by atomic mass is 9.91. The Morgan fingerprint density at radius 2 is 1.94 bits per heavy atom. The fraction of sp³-hybridized carbons (Fsp3) is 1.00. The highest BCUT2D eigenvalue weighted by Crippen LogP contribution is 2.58. The minimum atomic E-state index is 0.526. The van der Waals surface area contributed by atoms with Crippen molar-refractivity contribution in [2.75, 3.05) is 39.8 Å². The Morgan fingerprint density at radius 1 is 1.24 bits per heavy atom. The van der Waals surface area contributed by atoms with Crippen molar-refractivity contribution in [2.45, 2.75) is 38.2 Å². The Labute approximate surface area is 105 Å². The van der Waals surface area contributed by atoms with Crippen LogP contribution in [0.5, 0.6) is 0 Å². The molecule has 1 unspecified atom stereocenters. The molecule has 1 spiro atoms. The van der Waals surface area contributed by atoms with E-state index in [2.05, 4.69) is 10.2 Å². The summed E-state index contributed by atoms with van der Waals surface area (Å²) >= 11 is 0. The van der Waals surface area contributed by atoms with Gasteiger partial charge in [-0.1, -0.05) is 0 Å². The molecule has 1 saturated carbocycles. The van der Waals surface area contributed by atoms with Gasteiger partial charge in [-0.15, -0.1) is 0 Å². The summed E-state index contributed by atoms with van der Waals surface area (Å²) in [7, 11) is 1.85. The number of methoxy groups -OCH3 is 1. The first-order valence-electron chi connectivity index (χ1n) is 7.28. The second kappa shape index (κ2) is 4.87. The van der Waals surface area contributed by atoms with Crippen LogP contribution in [0, 0.1) is 11.3 Å². The summed E-state index contributed by atoms with van der Waals surface area (Å²) in [4.78, 5) is 2.68. The monoisotopic (exact) mass is 238 g/mol. The summed E-state index contributed by atoms with van der Waals surface area (Å²) in [5.74, 6) is 1.00. The normalized spacial score (nSPS) is 34.1. The number of ether oxygens (including phenoxy) is 1. The second-order valence-corrected chi connectivity index (χ2v) is 6.25. The summed E-state index contributed by atoms with van der Waals surface area (Å²) < 4.78 is 5.43. The van der Waals surface area contributed by atoms with Gasteiger partial charge in [-0.2, -0.15) is 0 Å². The summed E-state index contributed by atoms with van der Waals surface area (Å²) in [5.41, 5.74) is 0.753. The lowest BCUT2D eigenvalue weighted by Gasteiger charge is -2.32. The van der Waals surface area contributed by atoms with Gasteiger partial charge < -0.3 is 15.0 Å². The van der Waals surface area contributed by atoms with Crippen molar-refractivity contribution in [3.8, 4) is 0 Å². The van der Waals surface area contributed by atoms with Gasteiger partial charge >= 0.3 is 0 Å². The van der Waals surface area contributed by atoms with E-state index in [9.17, 15) is 0 Å². The first-order valence-corrected chi connectivity index (χ1v) is 7.28. The van der Waals surface area contributed by atoms with Crippen LogP contribution in [0.2, 0.25) is 0 Å². The SMILES string of the molecule is COC1CCN(CC2CC23CCNCC3)CC1. The third kappa shape index (κ3) is 2.51. The van der Waals surface area contributed by atoms with Gasteiger partial charge in [0.2, 0.25) is 0 Å². The van der Waals surface area contributed by atoms with Gasteiger partial charge in [-0.3, -0.25) is 0 Å². The maximum absolute atomic E-state index is 5.43. The van der Waals surface area contributed by atoms with Crippen LogP contribution in [0.25, 0.3) is 0 Å². The van der Waals surface area contributed by atoms with Gasteiger partial charge in [-0.25, -0.2) is 0 Å². The predicted molar refractivity (Wildman–Crippen MR) is 69.1 cm³/mol. The second-order valence-electron chi connectivity index (χ2n) is 6.25. The fourth-order valence-corrected chi connectivity index (χ4v) is 3.87. The van der Waals surface area contributed by atoms with Crippen molar-refractivity contribution in [3.05, 3.63) is 0 Å². The molecule has 3 heteroatoms. The zero-order valence-corrected chi connectivity index (χ0v) is 11.1. The van der Waals surface area contributed by atoms with Crippen molar-refractivity contribution in [1.82, 2.24) is 10.2 Å². The van der Waals surface area contributed by atoms with E-state index in [0.717, 1.165) is 11.3 Å². The Hall–Kier alpha value is -0.120. The Morgan fingerprint density at radius 3 is 2.59 bits per heavy atom. The number of nitrogens with zero attached hydrogens (tertiary/aromatic N) is 1. The maximum atomic E-state index is 5.43. The average Bonchev–Trinajstić information content (AvgIpc) is 3.03. The first kappa shape index (κ1) is 11.9. The Balaban J connectivity index is 1.43. The third-order valence-electron chi connectivity index (χ3n) is 5.30. The molecule has 0 aromatic heterocycles. The zero-order valence-electron chi connectivity index (χ0n) is 11.1. The van der Waals surface area contributed by atoms with E-state index in [1.54, 1.807) is 0 Å². The summed E-state index contributed by atoms with van der Waals surface area (Å²) in [6.07, 6.45) is 7.34. The van der Waals surface area contributed by atoms with Gasteiger partial charge in [0.05, 0.1) is 6.10 Å². The topological polar surface area (TPSA) is 24.5 Å². The number of piperidine rings is 2. The van der Waals surface area contributed by atoms with Gasteiger partial charge in [0.25, 0.3) is 0 Å². The summed E-state index contributed by atoms with van der Waals surface area (Å²) in [6, 6.07) is 0. The number of nitrogens with one attached hydrogen (secondary N) is 1. The number of hydrogen-bond acceptors (Lipinski definition) is 3. The lowest BCUT2D eigenvalue weighted by Crippen LogP contribution is -2.39. The van der Waals surface area contributed by atoms with Gasteiger partial charge in [-0.05, 0) is 56.5 Å². The Kier molecular flexibility index (Phi) is 3.42. The largest absolute Gasteiger partial charge is 0.381 e. The van der Waals surface area contributed by atoms with Crippen molar-refractivity contribution in [3.63, 3.8) is 0 Å². The van der Waals surface area contributed by atoms with E-state index in [-0.39, 0.29) is 0 Å². The number of likely N-dealkylation sites (tertiary alicyclic amines) is 1. The highest BCUT2D eigenvalue weighted by atomic mass is 16.5. The van der Waals surface area contributed by atoms with Crippen LogP contribution in [0.4, 0.5) is 0 Å². The van der Waals surface area contributed by atoms with Crippen LogP contribution in [0.3, 0.4) is 0 Å². The smallest absolute Gasteiger partial charge is 0.0595 e. The molecule has 3 fully saturated rings. The molecule has 2 saturated heterocycles. The van der Waals surface area contributed by atoms with Crippen LogP contribution < -0.4 is 5.32 Å². The zero-order chi connectivity index (χ0) is 11.7. The number of rotatable bonds is 3. The van der Waals surface area contributed by atoms with E-state index < -0.39 is 0 Å². The number of hydrogen-bond donors (Lipinski definition) is 1. The van der Waals surface area contributed by atoms with E-state index in [1.807, 2.05) is 7.11 Å². The van der Waals surface area contributed by atoms with Gasteiger partial charge in [0, 0.05) is 26.7 Å². The molecule has 0 aromatic carbocycles. The molecule has 0 amide bonds. The molecule has 2 aliphatic heterocycles. The van der Waals surface area contributed by atoms with Gasteiger partial charge in [0.15, 0.2) is 0 Å². The summed E-state index contributed by atoms with van der Waals surface area (Å²) in [6.45, 7) is 6.37. The molecule has 0 bridgehead atoms. The van der Waals surface area contributed by atoms with Crippen LogP contribution in [-0.2, 0) is 4.74 Å². The standard InChI is InChI=1S/C14H26N2O/c1-17-13-2-8-16(9-3-13)11-12-10-14(12)4-6-15-7-5-14/h12-13,15H,2-11H2,1H3. The van der Waals surface area contributed by atoms with Crippen molar-refractivity contribution >= 4 is 0 Å². The van der Waals surface area contributed by atoms with Crippen LogP contribution in [0.1, 0.15) is 32.1 Å². The molecule has 3 nitrogen and oxygen atoms in total. The van der Waals surface area contributed by atoms with Crippen LogP contribution in [0.15, 0.2) is 0 Å². The highest BCUT2D eigenvalue weighted by molar-refractivity contribution is 5.05. The van der Waals surface area contributed by atoms with Crippen LogP contribution >= 0.6 is 0 Å². The van der Waals surface area contributed by atoms with E-state index >= 15 is 0 Å². The predicted octanol–water partition coefficient (Wildman–Crippen LogP) is 1.49. The van der Waals surface area contributed by atoms with E-state index in [1.165, 1.54) is 64.8 Å². The Bertz CT molecular complexity index is 255. The molecule has 0 radical (unpaired) electrons. The van der Waals surface area contributed by atoms with E-state index in [0.29, 0.717) is 6.10 Å². The molecule has 0 aromatic rings. The molecule has 17 heavy (non-hydrogen) atoms. The minimum Gasteiger partial charge on any atom is -0.381 e. The third-order valence-corrected chi connectivity index (χ3v) is 5.30. The highest BCUT2D eigenvalue weighted by Gasteiger charge is 2.53. The van der Waals surface area contributed by atoms with Gasteiger partial charge in [0.1, 0.15) is 0 Å². The van der Waals surface area contributed by atoms with Crippen molar-refractivity contribution in [2.24, 2.45) is 11.3 Å². The molecule has 3 aliphatic rings. The molecular weight excluding hydrogens is 212 g/mol. The molecule has 2 heterocycles. The molecule has 1 aliphatic carbocycles. The molecule has 1 atom stereocenters. The first-order chi connectivity index (χ1) is 8.32. The van der Waals surface area contributed by atoms with Crippen LogP contribution in [-0.4, -0.2) is 50.8 Å². The minimum absolute atomic E-state index is 0.526. The summed E-state index contributed by atoms with van der Waals surface area (Å²) in [5, 5.41) is 3.49.